The van der Waals surface area contributed by atoms with Crippen LogP contribution in [0.25, 0.3) is 10.9 Å². The zero-order valence-corrected chi connectivity index (χ0v) is 14.6. The minimum absolute atomic E-state index is 0.0177. The average molecular weight is 329 g/mol. The quantitative estimate of drug-likeness (QED) is 0.829. The van der Waals surface area contributed by atoms with E-state index in [1.54, 1.807) is 0 Å². The van der Waals surface area contributed by atoms with Gasteiger partial charge in [-0.25, -0.2) is 0 Å². The molecule has 0 saturated carbocycles. The van der Waals surface area contributed by atoms with Crippen LogP contribution in [0.1, 0.15) is 36.7 Å². The van der Waals surface area contributed by atoms with Crippen LogP contribution in [-0.4, -0.2) is 54.8 Å². The predicted molar refractivity (Wildman–Crippen MR) is 96.5 cm³/mol. The van der Waals surface area contributed by atoms with E-state index in [0.29, 0.717) is 12.6 Å². The van der Waals surface area contributed by atoms with E-state index >= 15 is 0 Å². The maximum absolute atomic E-state index is 12.5. The van der Waals surface area contributed by atoms with Gasteiger partial charge in [-0.15, -0.1) is 0 Å². The molecule has 0 unspecified atom stereocenters. The van der Waals surface area contributed by atoms with Gasteiger partial charge in [0.05, 0.1) is 13.2 Å². The van der Waals surface area contributed by atoms with Gasteiger partial charge in [0.2, 0.25) is 0 Å². The zero-order valence-electron chi connectivity index (χ0n) is 14.6. The van der Waals surface area contributed by atoms with Crippen molar-refractivity contribution in [2.45, 2.75) is 26.3 Å². The molecule has 1 amide bonds. The fourth-order valence-electron chi connectivity index (χ4n) is 3.26. The van der Waals surface area contributed by atoms with Crippen LogP contribution in [-0.2, 0) is 4.74 Å². The fourth-order valence-corrected chi connectivity index (χ4v) is 3.26. The Morgan fingerprint density at radius 2 is 2.04 bits per heavy atom. The molecule has 5 nitrogen and oxygen atoms in total. The first-order valence-electron chi connectivity index (χ1n) is 8.84. The number of hydrogen-bond donors (Lipinski definition) is 1. The highest BCUT2D eigenvalue weighted by atomic mass is 16.5. The molecule has 1 saturated heterocycles. The summed E-state index contributed by atoms with van der Waals surface area (Å²) < 4.78 is 7.55. The number of carbonyl (C=O) groups is 1. The number of nitrogens with one attached hydrogen (secondary N) is 1. The highest BCUT2D eigenvalue weighted by Gasteiger charge is 2.13. The first-order valence-corrected chi connectivity index (χ1v) is 8.84. The Kier molecular flexibility index (Phi) is 5.53. The average Bonchev–Trinajstić information content (AvgIpc) is 3.03. The molecule has 130 valence electrons. The topological polar surface area (TPSA) is 46.5 Å². The Morgan fingerprint density at radius 1 is 1.25 bits per heavy atom. The van der Waals surface area contributed by atoms with Gasteiger partial charge in [0.15, 0.2) is 0 Å². The highest BCUT2D eigenvalue weighted by Crippen LogP contribution is 2.23. The zero-order chi connectivity index (χ0) is 16.9. The molecule has 1 N–H and O–H groups in total. The second-order valence-electron chi connectivity index (χ2n) is 6.62. The number of fused-ring (bicyclic) bond motifs is 1. The Hall–Kier alpha value is -1.85. The SMILES string of the molecule is CC(C)n1ccc2c(C(=O)NCCCN3CCOCC3)cccc21. The van der Waals surface area contributed by atoms with E-state index in [4.69, 9.17) is 4.74 Å². The lowest BCUT2D eigenvalue weighted by molar-refractivity contribution is 0.0374. The molecule has 1 aromatic heterocycles. The van der Waals surface area contributed by atoms with Crippen molar-refractivity contribution < 1.29 is 9.53 Å². The Morgan fingerprint density at radius 3 is 2.79 bits per heavy atom. The Balaban J connectivity index is 1.58. The summed E-state index contributed by atoms with van der Waals surface area (Å²) in [7, 11) is 0. The van der Waals surface area contributed by atoms with E-state index in [-0.39, 0.29) is 5.91 Å². The van der Waals surface area contributed by atoms with Crippen molar-refractivity contribution >= 4 is 16.8 Å². The molecule has 1 aliphatic rings. The van der Waals surface area contributed by atoms with Crippen molar-refractivity contribution in [3.63, 3.8) is 0 Å². The minimum atomic E-state index is 0.0177. The fraction of sp³-hybridized carbons (Fsp3) is 0.526. The summed E-state index contributed by atoms with van der Waals surface area (Å²) in [5, 5.41) is 4.09. The molecular formula is C19H27N3O2. The highest BCUT2D eigenvalue weighted by molar-refractivity contribution is 6.06. The van der Waals surface area contributed by atoms with Crippen molar-refractivity contribution in [2.24, 2.45) is 0 Å². The predicted octanol–water partition coefficient (Wildman–Crippen LogP) is 2.67. The van der Waals surface area contributed by atoms with Crippen LogP contribution in [0, 0.1) is 0 Å². The van der Waals surface area contributed by atoms with Crippen LogP contribution in [0.4, 0.5) is 0 Å². The van der Waals surface area contributed by atoms with E-state index in [1.165, 1.54) is 0 Å². The summed E-state index contributed by atoms with van der Waals surface area (Å²) in [4.78, 5) is 14.9. The van der Waals surface area contributed by atoms with Gasteiger partial charge in [-0.05, 0) is 45.0 Å². The summed E-state index contributed by atoms with van der Waals surface area (Å²) in [6, 6.07) is 8.37. The molecule has 1 aromatic carbocycles. The third-order valence-electron chi connectivity index (χ3n) is 4.60. The van der Waals surface area contributed by atoms with Gasteiger partial charge < -0.3 is 14.6 Å². The van der Waals surface area contributed by atoms with Gasteiger partial charge in [-0.1, -0.05) is 6.07 Å². The van der Waals surface area contributed by atoms with Gasteiger partial charge in [-0.2, -0.15) is 0 Å². The molecule has 0 spiro atoms. The molecule has 0 radical (unpaired) electrons. The van der Waals surface area contributed by atoms with Gasteiger partial charge in [-0.3, -0.25) is 9.69 Å². The van der Waals surface area contributed by atoms with Crippen molar-refractivity contribution in [2.75, 3.05) is 39.4 Å². The molecule has 2 aromatic rings. The number of amides is 1. The number of hydrogen-bond acceptors (Lipinski definition) is 3. The van der Waals surface area contributed by atoms with Crippen LogP contribution in [0.5, 0.6) is 0 Å². The summed E-state index contributed by atoms with van der Waals surface area (Å²) in [5.41, 5.74) is 1.88. The van der Waals surface area contributed by atoms with Crippen LogP contribution in [0.2, 0.25) is 0 Å². The van der Waals surface area contributed by atoms with Crippen molar-refractivity contribution in [1.29, 1.82) is 0 Å². The Labute approximate surface area is 143 Å². The first kappa shape index (κ1) is 17.0. The molecule has 2 heterocycles. The second kappa shape index (κ2) is 7.81. The maximum Gasteiger partial charge on any atom is 0.251 e. The smallest absolute Gasteiger partial charge is 0.251 e. The van der Waals surface area contributed by atoms with E-state index in [9.17, 15) is 4.79 Å². The van der Waals surface area contributed by atoms with Gasteiger partial charge in [0.25, 0.3) is 5.91 Å². The lowest BCUT2D eigenvalue weighted by Gasteiger charge is -2.26. The molecule has 3 rings (SSSR count). The lowest BCUT2D eigenvalue weighted by atomic mass is 10.1. The van der Waals surface area contributed by atoms with E-state index in [1.807, 2.05) is 18.2 Å². The number of aromatic nitrogens is 1. The van der Waals surface area contributed by atoms with Gasteiger partial charge in [0.1, 0.15) is 0 Å². The number of nitrogens with zero attached hydrogens (tertiary/aromatic N) is 2. The van der Waals surface area contributed by atoms with E-state index in [0.717, 1.165) is 55.7 Å². The normalized spacial score (nSPS) is 16.0. The third kappa shape index (κ3) is 3.79. The minimum Gasteiger partial charge on any atom is -0.379 e. The molecule has 1 aliphatic heterocycles. The first-order chi connectivity index (χ1) is 11.7. The van der Waals surface area contributed by atoms with Gasteiger partial charge >= 0.3 is 0 Å². The van der Waals surface area contributed by atoms with E-state index in [2.05, 4.69) is 40.9 Å². The molecule has 24 heavy (non-hydrogen) atoms. The number of rotatable bonds is 6. The molecule has 1 fully saturated rings. The molecule has 5 heteroatoms. The monoisotopic (exact) mass is 329 g/mol. The Bertz CT molecular complexity index is 687. The maximum atomic E-state index is 12.5. The van der Waals surface area contributed by atoms with Crippen LogP contribution < -0.4 is 5.32 Å². The van der Waals surface area contributed by atoms with Crippen LogP contribution >= 0.6 is 0 Å². The number of ether oxygens (including phenoxy) is 1. The number of morpholine rings is 1. The number of carbonyl (C=O) groups excluding carboxylic acids is 1. The van der Waals surface area contributed by atoms with Crippen molar-refractivity contribution in [3.05, 3.63) is 36.0 Å². The standard InChI is InChI=1S/C19H27N3O2/c1-15(2)22-10-7-16-17(5-3-6-18(16)22)19(23)20-8-4-9-21-11-13-24-14-12-21/h3,5-7,10,15H,4,8-9,11-14H2,1-2H3,(H,20,23). The van der Waals surface area contributed by atoms with Crippen molar-refractivity contribution in [1.82, 2.24) is 14.8 Å². The van der Waals surface area contributed by atoms with Gasteiger partial charge in [0, 0.05) is 48.3 Å². The second-order valence-corrected chi connectivity index (χ2v) is 6.62. The molecule has 0 bridgehead atoms. The molecule has 0 aliphatic carbocycles. The number of benzene rings is 1. The van der Waals surface area contributed by atoms with Crippen LogP contribution in [0.15, 0.2) is 30.5 Å². The van der Waals surface area contributed by atoms with Crippen LogP contribution in [0.3, 0.4) is 0 Å². The summed E-state index contributed by atoms with van der Waals surface area (Å²) >= 11 is 0. The molecular weight excluding hydrogens is 302 g/mol. The summed E-state index contributed by atoms with van der Waals surface area (Å²) in [5.74, 6) is 0.0177. The van der Waals surface area contributed by atoms with Crippen molar-refractivity contribution in [3.8, 4) is 0 Å². The summed E-state index contributed by atoms with van der Waals surface area (Å²) in [6.07, 6.45) is 3.03. The molecule has 0 atom stereocenters. The lowest BCUT2D eigenvalue weighted by Crippen LogP contribution is -2.38. The largest absolute Gasteiger partial charge is 0.379 e. The third-order valence-corrected chi connectivity index (χ3v) is 4.60. The summed E-state index contributed by atoms with van der Waals surface area (Å²) in [6.45, 7) is 9.65. The van der Waals surface area contributed by atoms with E-state index < -0.39 is 0 Å².